The van der Waals surface area contributed by atoms with E-state index in [9.17, 15) is 9.59 Å². The lowest BCUT2D eigenvalue weighted by Crippen LogP contribution is -2.64. The van der Waals surface area contributed by atoms with Crippen molar-refractivity contribution in [3.63, 3.8) is 0 Å². The van der Waals surface area contributed by atoms with Gasteiger partial charge in [-0.05, 0) is 80.5 Å². The molecule has 8 nitrogen and oxygen atoms in total. The second-order valence-corrected chi connectivity index (χ2v) is 17.5. The normalized spacial score (nSPS) is 42.1. The van der Waals surface area contributed by atoms with Crippen molar-refractivity contribution in [3.8, 4) is 0 Å². The Morgan fingerprint density at radius 1 is 0.932 bits per heavy atom. The average Bonchev–Trinajstić information content (AvgIpc) is 3.19. The summed E-state index contributed by atoms with van der Waals surface area (Å²) in [4.78, 5) is 27.4. The lowest BCUT2D eigenvalue weighted by atomic mass is 9.44. The molecular weight excluding hydrogens is 552 g/mol. The van der Waals surface area contributed by atoms with Gasteiger partial charge in [0, 0.05) is 51.0 Å². The van der Waals surface area contributed by atoms with Gasteiger partial charge in [-0.25, -0.2) is 0 Å². The fourth-order valence-corrected chi connectivity index (χ4v) is 11.2. The first-order valence-corrected chi connectivity index (χ1v) is 18.0. The standard InChI is InChI=1S/C36H66N4O4/c1-10-18-39(6,7)19-15-37-31-23-30-28-12-11-27-22-33(43-25(2)41)32(38-16-20-40(8,9)21-17-38)24-36(27,5)29(28)13-14-35(30,4)34(31)44-26(3)42/h27-34,37H,10-24H2,1-9H3/q+2/t27-,28+,29-,30-,31-,32-,33-,34-,35-,36-/m0/s1. The number of ether oxygens (including phenoxy) is 2. The van der Waals surface area contributed by atoms with Crippen LogP contribution in [0.1, 0.15) is 86.0 Å². The third kappa shape index (κ3) is 6.75. The molecule has 0 unspecified atom stereocenters. The predicted octanol–water partition coefficient (Wildman–Crippen LogP) is 4.32. The van der Waals surface area contributed by atoms with E-state index in [1.807, 2.05) is 0 Å². The minimum Gasteiger partial charge on any atom is -0.461 e. The molecule has 0 amide bonds. The Balaban J connectivity index is 1.36. The quantitative estimate of drug-likeness (QED) is 0.307. The van der Waals surface area contributed by atoms with Crippen molar-refractivity contribution >= 4 is 11.9 Å². The Labute approximate surface area is 268 Å². The van der Waals surface area contributed by atoms with Crippen LogP contribution in [0.15, 0.2) is 0 Å². The summed E-state index contributed by atoms with van der Waals surface area (Å²) in [6, 6.07) is 0.533. The van der Waals surface area contributed by atoms with Gasteiger partial charge in [0.2, 0.25) is 0 Å². The van der Waals surface area contributed by atoms with Crippen molar-refractivity contribution in [2.45, 2.75) is 110 Å². The van der Waals surface area contributed by atoms with Gasteiger partial charge in [-0.15, -0.1) is 0 Å². The Hall–Kier alpha value is -1.22. The average molecular weight is 619 g/mol. The minimum absolute atomic E-state index is 0.00784. The summed E-state index contributed by atoms with van der Waals surface area (Å²) in [5, 5.41) is 3.93. The maximum atomic E-state index is 12.4. The molecule has 5 aliphatic rings. The number of likely N-dealkylation sites (N-methyl/N-ethyl adjacent to an activating group) is 2. The molecule has 0 aromatic heterocycles. The highest BCUT2D eigenvalue weighted by atomic mass is 16.5. The van der Waals surface area contributed by atoms with Crippen molar-refractivity contribution in [2.24, 2.45) is 34.5 Å². The van der Waals surface area contributed by atoms with Crippen molar-refractivity contribution in [2.75, 3.05) is 74.0 Å². The molecule has 0 bridgehead atoms. The van der Waals surface area contributed by atoms with E-state index >= 15 is 0 Å². The number of nitrogens with zero attached hydrogens (tertiary/aromatic N) is 3. The summed E-state index contributed by atoms with van der Waals surface area (Å²) in [5.41, 5.74) is 0.268. The van der Waals surface area contributed by atoms with E-state index in [1.165, 1.54) is 32.2 Å². The number of fused-ring (bicyclic) bond motifs is 5. The van der Waals surface area contributed by atoms with Gasteiger partial charge >= 0.3 is 11.9 Å². The zero-order valence-corrected chi connectivity index (χ0v) is 29.7. The molecule has 1 N–H and O–H groups in total. The first-order valence-electron chi connectivity index (χ1n) is 18.0. The molecule has 0 aromatic rings. The number of rotatable bonds is 9. The van der Waals surface area contributed by atoms with E-state index < -0.39 is 0 Å². The highest BCUT2D eigenvalue weighted by Gasteiger charge is 2.64. The van der Waals surface area contributed by atoms with Gasteiger partial charge in [-0.3, -0.25) is 14.5 Å². The second kappa shape index (κ2) is 12.8. The van der Waals surface area contributed by atoms with Gasteiger partial charge in [-0.1, -0.05) is 20.8 Å². The van der Waals surface area contributed by atoms with Gasteiger partial charge in [-0.2, -0.15) is 0 Å². The van der Waals surface area contributed by atoms with E-state index in [0.717, 1.165) is 73.9 Å². The molecule has 252 valence electrons. The molecular formula is C36H66N4O4+2. The van der Waals surface area contributed by atoms with E-state index in [4.69, 9.17) is 9.47 Å². The molecule has 1 heterocycles. The Bertz CT molecular complexity index is 1040. The summed E-state index contributed by atoms with van der Waals surface area (Å²) in [5.74, 6) is 2.24. The lowest BCUT2D eigenvalue weighted by molar-refractivity contribution is -0.894. The summed E-state index contributed by atoms with van der Waals surface area (Å²) < 4.78 is 14.4. The molecule has 8 heteroatoms. The number of esters is 2. The van der Waals surface area contributed by atoms with Crippen LogP contribution in [0.3, 0.4) is 0 Å². The number of hydrogen-bond acceptors (Lipinski definition) is 6. The van der Waals surface area contributed by atoms with E-state index in [2.05, 4.69) is 59.2 Å². The molecule has 5 rings (SSSR count). The topological polar surface area (TPSA) is 67.9 Å². The van der Waals surface area contributed by atoms with Crippen LogP contribution < -0.4 is 5.32 Å². The Morgan fingerprint density at radius 3 is 2.25 bits per heavy atom. The molecule has 44 heavy (non-hydrogen) atoms. The molecule has 4 saturated carbocycles. The number of quaternary nitrogens is 2. The number of nitrogens with one attached hydrogen (secondary N) is 1. The molecule has 0 radical (unpaired) electrons. The summed E-state index contributed by atoms with van der Waals surface area (Å²) in [7, 11) is 9.31. The SMILES string of the molecule is CCC[N+](C)(C)CCN[C@H]1C[C@H]2[C@@H]3CC[C@H]4C[C@H](OC(C)=O)[C@@H](N5CC[N+](C)(C)CC5)C[C@]4(C)[C@H]3CC[C@]2(C)[C@H]1OC(C)=O. The van der Waals surface area contributed by atoms with Gasteiger partial charge in [0.15, 0.2) is 0 Å². The minimum atomic E-state index is -0.140. The van der Waals surface area contributed by atoms with Crippen molar-refractivity contribution in [3.05, 3.63) is 0 Å². The Morgan fingerprint density at radius 2 is 1.61 bits per heavy atom. The van der Waals surface area contributed by atoms with E-state index in [0.29, 0.717) is 29.7 Å². The molecule has 1 saturated heterocycles. The molecule has 5 fully saturated rings. The van der Waals surface area contributed by atoms with Crippen LogP contribution >= 0.6 is 0 Å². The highest BCUT2D eigenvalue weighted by molar-refractivity contribution is 5.66. The fourth-order valence-electron chi connectivity index (χ4n) is 11.2. The number of carbonyl (C=O) groups excluding carboxylic acids is 2. The summed E-state index contributed by atoms with van der Waals surface area (Å²) in [6.07, 6.45) is 9.19. The van der Waals surface area contributed by atoms with Gasteiger partial charge in [0.1, 0.15) is 12.2 Å². The fraction of sp³-hybridized carbons (Fsp3) is 0.944. The van der Waals surface area contributed by atoms with Crippen molar-refractivity contribution < 1.29 is 28.0 Å². The predicted molar refractivity (Wildman–Crippen MR) is 175 cm³/mol. The highest BCUT2D eigenvalue weighted by Crippen LogP contribution is 2.67. The molecule has 0 aromatic carbocycles. The smallest absolute Gasteiger partial charge is 0.302 e. The van der Waals surface area contributed by atoms with Crippen LogP contribution in [0.2, 0.25) is 0 Å². The summed E-state index contributed by atoms with van der Waals surface area (Å²) in [6.45, 7) is 18.2. The van der Waals surface area contributed by atoms with Crippen LogP contribution in [-0.2, 0) is 19.1 Å². The zero-order chi connectivity index (χ0) is 32.1. The first-order chi connectivity index (χ1) is 20.6. The maximum absolute atomic E-state index is 12.4. The van der Waals surface area contributed by atoms with Gasteiger partial charge in [0.25, 0.3) is 0 Å². The van der Waals surface area contributed by atoms with E-state index in [-0.39, 0.29) is 41.0 Å². The maximum Gasteiger partial charge on any atom is 0.302 e. The Kier molecular flexibility index (Phi) is 9.90. The van der Waals surface area contributed by atoms with Crippen molar-refractivity contribution in [1.29, 1.82) is 0 Å². The first kappa shape index (κ1) is 34.1. The van der Waals surface area contributed by atoms with Gasteiger partial charge < -0.3 is 23.8 Å². The zero-order valence-electron chi connectivity index (χ0n) is 29.7. The second-order valence-electron chi connectivity index (χ2n) is 17.5. The van der Waals surface area contributed by atoms with Crippen LogP contribution in [-0.4, -0.2) is 124 Å². The number of piperazine rings is 1. The van der Waals surface area contributed by atoms with Crippen LogP contribution in [0, 0.1) is 34.5 Å². The van der Waals surface area contributed by atoms with E-state index in [1.54, 1.807) is 13.8 Å². The largest absolute Gasteiger partial charge is 0.461 e. The van der Waals surface area contributed by atoms with Crippen LogP contribution in [0.5, 0.6) is 0 Å². The van der Waals surface area contributed by atoms with Crippen molar-refractivity contribution in [1.82, 2.24) is 10.2 Å². The molecule has 0 spiro atoms. The van der Waals surface area contributed by atoms with Crippen LogP contribution in [0.25, 0.3) is 0 Å². The third-order valence-corrected chi connectivity index (χ3v) is 13.6. The van der Waals surface area contributed by atoms with Gasteiger partial charge in [0.05, 0.1) is 54.4 Å². The number of hydrogen-bond donors (Lipinski definition) is 1. The molecule has 1 aliphatic heterocycles. The molecule has 10 atom stereocenters. The third-order valence-electron chi connectivity index (χ3n) is 13.6. The summed E-state index contributed by atoms with van der Waals surface area (Å²) >= 11 is 0. The molecule has 4 aliphatic carbocycles. The number of carbonyl (C=O) groups is 2. The monoisotopic (exact) mass is 619 g/mol. The lowest BCUT2D eigenvalue weighted by Gasteiger charge is -2.62. The van der Waals surface area contributed by atoms with Crippen LogP contribution in [0.4, 0.5) is 0 Å².